The fourth-order valence-electron chi connectivity index (χ4n) is 2.73. The van der Waals surface area contributed by atoms with Crippen LogP contribution in [0, 0.1) is 0 Å². The minimum atomic E-state index is -1.34. The van der Waals surface area contributed by atoms with Gasteiger partial charge in [0.1, 0.15) is 16.0 Å². The summed E-state index contributed by atoms with van der Waals surface area (Å²) in [6.45, 7) is 0.681. The standard InChI is InChI=1S/C14H11N3.C6H7BO2.C3H2Br2N2/c1-3-7-11(8-4-1)13-14(16-17-15-13)12-9-5-2-6-10-12;8-7(9)6-4-2-1-3-5-6;4-2-1-6-7-3(2)5/h1-10H,(H,15,16,17);1-5,8-9H;1H2. The maximum atomic E-state index is 8.58. The Balaban J connectivity index is 0.000000160. The van der Waals surface area contributed by atoms with E-state index in [0.29, 0.717) is 12.0 Å². The van der Waals surface area contributed by atoms with Crippen molar-refractivity contribution in [1.29, 1.82) is 0 Å². The van der Waals surface area contributed by atoms with Gasteiger partial charge in [-0.15, -0.1) is 5.11 Å². The van der Waals surface area contributed by atoms with Crippen molar-refractivity contribution in [3.63, 3.8) is 0 Å². The molecule has 3 aromatic carbocycles. The first-order valence-corrected chi connectivity index (χ1v) is 11.5. The van der Waals surface area contributed by atoms with Crippen molar-refractivity contribution in [2.75, 3.05) is 6.54 Å². The molecule has 1 aliphatic heterocycles. The Morgan fingerprint density at radius 3 is 1.45 bits per heavy atom. The first-order chi connectivity index (χ1) is 16.1. The number of hydrogen-bond donors (Lipinski definition) is 3. The molecule has 0 bridgehead atoms. The van der Waals surface area contributed by atoms with Gasteiger partial charge in [-0.05, 0) is 21.4 Å². The molecule has 3 N–H and O–H groups in total. The van der Waals surface area contributed by atoms with Crippen LogP contribution >= 0.6 is 31.9 Å². The predicted octanol–water partition coefficient (Wildman–Crippen LogP) is 4.92. The molecule has 10 heteroatoms. The van der Waals surface area contributed by atoms with Crippen molar-refractivity contribution in [2.45, 2.75) is 0 Å². The van der Waals surface area contributed by atoms with Gasteiger partial charge in [0.2, 0.25) is 0 Å². The zero-order valence-corrected chi connectivity index (χ0v) is 20.6. The highest BCUT2D eigenvalue weighted by Gasteiger charge is 2.11. The van der Waals surface area contributed by atoms with Crippen molar-refractivity contribution in [2.24, 2.45) is 10.2 Å². The fourth-order valence-corrected chi connectivity index (χ4v) is 3.16. The van der Waals surface area contributed by atoms with Gasteiger partial charge in [0, 0.05) is 11.1 Å². The van der Waals surface area contributed by atoms with Crippen LogP contribution in [0.5, 0.6) is 0 Å². The fraction of sp³-hybridized carbons (Fsp3) is 0.0435. The molecule has 0 radical (unpaired) electrons. The van der Waals surface area contributed by atoms with E-state index in [0.717, 1.165) is 31.6 Å². The van der Waals surface area contributed by atoms with Crippen molar-refractivity contribution in [3.8, 4) is 22.5 Å². The number of rotatable bonds is 3. The van der Waals surface area contributed by atoms with Gasteiger partial charge in [0.15, 0.2) is 0 Å². The van der Waals surface area contributed by atoms with Crippen LogP contribution < -0.4 is 5.46 Å². The average Bonchev–Trinajstić information content (AvgIpc) is 3.51. The van der Waals surface area contributed by atoms with Crippen LogP contribution in [-0.2, 0) is 0 Å². The maximum Gasteiger partial charge on any atom is 0.488 e. The lowest BCUT2D eigenvalue weighted by molar-refractivity contribution is 0.426. The Hall–Kier alpha value is -2.92. The van der Waals surface area contributed by atoms with Gasteiger partial charge in [-0.3, -0.25) is 0 Å². The van der Waals surface area contributed by atoms with E-state index in [2.05, 4.69) is 57.5 Å². The third kappa shape index (κ3) is 7.57. The Morgan fingerprint density at radius 2 is 1.15 bits per heavy atom. The molecule has 0 amide bonds. The minimum absolute atomic E-state index is 0.525. The molecule has 0 unspecified atom stereocenters. The monoisotopic (exact) mass is 567 g/mol. The van der Waals surface area contributed by atoms with Crippen molar-refractivity contribution < 1.29 is 10.0 Å². The molecule has 4 aromatic rings. The smallest absolute Gasteiger partial charge is 0.423 e. The van der Waals surface area contributed by atoms with Gasteiger partial charge in [-0.1, -0.05) is 107 Å². The Kier molecular flexibility index (Phi) is 9.70. The summed E-state index contributed by atoms with van der Waals surface area (Å²) in [5.74, 6) is 0. The zero-order chi connectivity index (χ0) is 23.5. The van der Waals surface area contributed by atoms with E-state index in [4.69, 9.17) is 10.0 Å². The summed E-state index contributed by atoms with van der Waals surface area (Å²) in [7, 11) is -1.34. The molecule has 1 aromatic heterocycles. The van der Waals surface area contributed by atoms with E-state index in [9.17, 15) is 0 Å². The molecule has 2 heterocycles. The highest BCUT2D eigenvalue weighted by molar-refractivity contribution is 9.14. The molecular weight excluding hydrogens is 549 g/mol. The number of aromatic amines is 1. The van der Waals surface area contributed by atoms with E-state index < -0.39 is 7.12 Å². The normalized spacial score (nSPS) is 11.9. The third-order valence-corrected chi connectivity index (χ3v) is 6.13. The van der Waals surface area contributed by atoms with Crippen LogP contribution in [0.3, 0.4) is 0 Å². The number of aromatic nitrogens is 3. The number of H-pyrrole nitrogens is 1. The average molecular weight is 569 g/mol. The number of hydrogen-bond acceptors (Lipinski definition) is 6. The second kappa shape index (κ2) is 13.0. The van der Waals surface area contributed by atoms with Crippen molar-refractivity contribution in [1.82, 2.24) is 15.4 Å². The van der Waals surface area contributed by atoms with Crippen LogP contribution in [0.4, 0.5) is 0 Å². The van der Waals surface area contributed by atoms with E-state index in [-0.39, 0.29) is 0 Å². The molecule has 5 rings (SSSR count). The lowest BCUT2D eigenvalue weighted by Crippen LogP contribution is -2.29. The number of nitrogens with zero attached hydrogens (tertiary/aromatic N) is 4. The van der Waals surface area contributed by atoms with Gasteiger partial charge < -0.3 is 10.0 Å². The molecular formula is C23H20BBr2N5O2. The Morgan fingerprint density at radius 1 is 0.697 bits per heavy atom. The Bertz CT molecular complexity index is 1130. The van der Waals surface area contributed by atoms with E-state index in [1.165, 1.54) is 0 Å². The SMILES string of the molecule is BrC1=C(Br)N=NC1.OB(O)c1ccccc1.c1ccc(-c2n[nH]nc2-c2ccccc2)cc1. The zero-order valence-electron chi connectivity index (χ0n) is 17.4. The van der Waals surface area contributed by atoms with Gasteiger partial charge in [0.05, 0.1) is 11.0 Å². The molecule has 1 aliphatic rings. The van der Waals surface area contributed by atoms with Crippen molar-refractivity contribution >= 4 is 44.4 Å². The minimum Gasteiger partial charge on any atom is -0.423 e. The van der Waals surface area contributed by atoms with E-state index in [1.807, 2.05) is 66.7 Å². The van der Waals surface area contributed by atoms with Crippen LogP contribution in [0.1, 0.15) is 0 Å². The molecule has 166 valence electrons. The predicted molar refractivity (Wildman–Crippen MR) is 138 cm³/mol. The summed E-state index contributed by atoms with van der Waals surface area (Å²) in [5, 5.41) is 35.7. The molecule has 7 nitrogen and oxygen atoms in total. The topological polar surface area (TPSA) is 107 Å². The van der Waals surface area contributed by atoms with Crippen LogP contribution in [0.25, 0.3) is 22.5 Å². The number of halogens is 2. The summed E-state index contributed by atoms with van der Waals surface area (Å²) in [6.07, 6.45) is 0. The number of nitrogens with one attached hydrogen (secondary N) is 1. The molecule has 33 heavy (non-hydrogen) atoms. The molecule has 0 fully saturated rings. The van der Waals surface area contributed by atoms with Crippen LogP contribution in [0.2, 0.25) is 0 Å². The summed E-state index contributed by atoms with van der Waals surface area (Å²) < 4.78 is 1.83. The second-order valence-electron chi connectivity index (χ2n) is 6.63. The summed E-state index contributed by atoms with van der Waals surface area (Å²) in [5.41, 5.74) is 4.44. The van der Waals surface area contributed by atoms with Gasteiger partial charge in [0.25, 0.3) is 0 Å². The number of benzene rings is 3. The first kappa shape index (κ1) is 24.7. The largest absolute Gasteiger partial charge is 0.488 e. The molecule has 0 atom stereocenters. The Labute approximate surface area is 208 Å². The highest BCUT2D eigenvalue weighted by Crippen LogP contribution is 2.27. The van der Waals surface area contributed by atoms with Gasteiger partial charge >= 0.3 is 7.12 Å². The number of azo groups is 1. The van der Waals surface area contributed by atoms with Crippen LogP contribution in [0.15, 0.2) is 110 Å². The summed E-state index contributed by atoms with van der Waals surface area (Å²) in [6, 6.07) is 28.8. The molecule has 0 saturated heterocycles. The highest BCUT2D eigenvalue weighted by atomic mass is 79.9. The summed E-state index contributed by atoms with van der Waals surface area (Å²) >= 11 is 6.42. The molecule has 0 spiro atoms. The molecule has 0 saturated carbocycles. The quantitative estimate of drug-likeness (QED) is 0.241. The molecule has 0 aliphatic carbocycles. The lowest BCUT2D eigenvalue weighted by atomic mass is 9.81. The summed E-state index contributed by atoms with van der Waals surface area (Å²) in [4.78, 5) is 0. The van der Waals surface area contributed by atoms with Gasteiger partial charge in [-0.25, -0.2) is 0 Å². The van der Waals surface area contributed by atoms with Gasteiger partial charge in [-0.2, -0.15) is 20.5 Å². The first-order valence-electron chi connectivity index (χ1n) is 9.90. The lowest BCUT2D eigenvalue weighted by Gasteiger charge is -2.00. The van der Waals surface area contributed by atoms with Crippen molar-refractivity contribution in [3.05, 3.63) is 100 Å². The van der Waals surface area contributed by atoms with E-state index >= 15 is 0 Å². The van der Waals surface area contributed by atoms with E-state index in [1.54, 1.807) is 24.3 Å². The van der Waals surface area contributed by atoms with Crippen LogP contribution in [-0.4, -0.2) is 39.1 Å². The second-order valence-corrected chi connectivity index (χ2v) is 8.34. The third-order valence-electron chi connectivity index (χ3n) is 4.33. The maximum absolute atomic E-state index is 8.58.